The number of fused-ring (bicyclic) bond motifs is 1. The van der Waals surface area contributed by atoms with Crippen molar-refractivity contribution in [3.63, 3.8) is 0 Å². The summed E-state index contributed by atoms with van der Waals surface area (Å²) in [5.74, 6) is 0.570. The second kappa shape index (κ2) is 2.65. The van der Waals surface area contributed by atoms with E-state index in [9.17, 15) is 5.11 Å². The number of hydrogen-bond acceptors (Lipinski definition) is 1. The van der Waals surface area contributed by atoms with E-state index in [0.29, 0.717) is 11.2 Å². The van der Waals surface area contributed by atoms with Crippen LogP contribution in [0.2, 0.25) is 0 Å². The lowest BCUT2D eigenvalue weighted by molar-refractivity contribution is 0.270. The molecule has 1 heteroatoms. The molecular formula is C11H16O. The van der Waals surface area contributed by atoms with Crippen LogP contribution < -0.4 is 0 Å². The van der Waals surface area contributed by atoms with Gasteiger partial charge in [0.15, 0.2) is 0 Å². The van der Waals surface area contributed by atoms with Crippen LogP contribution in [0.25, 0.3) is 0 Å². The average Bonchev–Trinajstić information content (AvgIpc) is 2.06. The molecule has 0 amide bonds. The first kappa shape index (κ1) is 7.90. The van der Waals surface area contributed by atoms with Crippen LogP contribution in [0.5, 0.6) is 0 Å². The van der Waals surface area contributed by atoms with E-state index in [2.05, 4.69) is 13.0 Å². The lowest BCUT2D eigenvalue weighted by Gasteiger charge is -2.37. The lowest BCUT2D eigenvalue weighted by Crippen LogP contribution is -2.24. The monoisotopic (exact) mass is 164 g/mol. The Hall–Kier alpha value is -0.720. The standard InChI is InChI=1S/C11H16O/c1-11-6-3-2-4-9(11)8-10(12)5-7-11/h4,8,12H,2-3,5-7H2,1H3/t11-/m0/s1. The summed E-state index contributed by atoms with van der Waals surface area (Å²) >= 11 is 0. The summed E-state index contributed by atoms with van der Waals surface area (Å²) < 4.78 is 0. The number of allylic oxidation sites excluding steroid dienone is 4. The zero-order valence-electron chi connectivity index (χ0n) is 7.64. The second-order valence-electron chi connectivity index (χ2n) is 4.25. The van der Waals surface area contributed by atoms with Gasteiger partial charge in [0.1, 0.15) is 0 Å². The normalized spacial score (nSPS) is 35.1. The van der Waals surface area contributed by atoms with Crippen LogP contribution >= 0.6 is 0 Å². The van der Waals surface area contributed by atoms with Gasteiger partial charge >= 0.3 is 0 Å². The summed E-state index contributed by atoms with van der Waals surface area (Å²) in [7, 11) is 0. The Morgan fingerprint density at radius 1 is 1.42 bits per heavy atom. The molecule has 66 valence electrons. The molecule has 0 unspecified atom stereocenters. The topological polar surface area (TPSA) is 20.2 Å². The van der Waals surface area contributed by atoms with E-state index in [1.54, 1.807) is 0 Å². The van der Waals surface area contributed by atoms with Gasteiger partial charge in [-0.2, -0.15) is 0 Å². The van der Waals surface area contributed by atoms with Gasteiger partial charge in [0.25, 0.3) is 0 Å². The predicted molar refractivity (Wildman–Crippen MR) is 50.0 cm³/mol. The quantitative estimate of drug-likeness (QED) is 0.582. The first-order chi connectivity index (χ1) is 5.71. The molecule has 0 heterocycles. The molecule has 0 radical (unpaired) electrons. The molecule has 1 nitrogen and oxygen atoms in total. The second-order valence-corrected chi connectivity index (χ2v) is 4.25. The van der Waals surface area contributed by atoms with Crippen LogP contribution in [0.1, 0.15) is 39.0 Å². The molecule has 0 aliphatic heterocycles. The Balaban J connectivity index is 2.35. The number of aliphatic hydroxyl groups excluding tert-OH is 1. The van der Waals surface area contributed by atoms with Crippen molar-refractivity contribution in [3.8, 4) is 0 Å². The third-order valence-corrected chi connectivity index (χ3v) is 3.25. The van der Waals surface area contributed by atoms with E-state index >= 15 is 0 Å². The molecule has 0 aromatic heterocycles. The predicted octanol–water partition coefficient (Wildman–Crippen LogP) is 3.34. The van der Waals surface area contributed by atoms with Gasteiger partial charge in [-0.05, 0) is 42.7 Å². The molecule has 1 N–H and O–H groups in total. The average molecular weight is 164 g/mol. The van der Waals surface area contributed by atoms with Crippen molar-refractivity contribution in [2.75, 3.05) is 0 Å². The van der Waals surface area contributed by atoms with Crippen molar-refractivity contribution in [1.82, 2.24) is 0 Å². The summed E-state index contributed by atoms with van der Waals surface area (Å²) in [4.78, 5) is 0. The fourth-order valence-electron chi connectivity index (χ4n) is 2.30. The highest BCUT2D eigenvalue weighted by Gasteiger charge is 2.32. The molecule has 0 aromatic carbocycles. The van der Waals surface area contributed by atoms with Crippen molar-refractivity contribution in [2.45, 2.75) is 39.0 Å². The molecule has 2 rings (SSSR count). The van der Waals surface area contributed by atoms with E-state index in [-0.39, 0.29) is 0 Å². The summed E-state index contributed by atoms with van der Waals surface area (Å²) in [6.45, 7) is 2.32. The third kappa shape index (κ3) is 1.17. The van der Waals surface area contributed by atoms with E-state index in [1.165, 1.54) is 24.8 Å². The van der Waals surface area contributed by atoms with Gasteiger partial charge in [0, 0.05) is 6.42 Å². The maximum absolute atomic E-state index is 9.38. The molecule has 0 bridgehead atoms. The molecule has 0 saturated carbocycles. The van der Waals surface area contributed by atoms with Crippen molar-refractivity contribution in [3.05, 3.63) is 23.5 Å². The van der Waals surface area contributed by atoms with Gasteiger partial charge in [-0.3, -0.25) is 0 Å². The van der Waals surface area contributed by atoms with Gasteiger partial charge in [-0.25, -0.2) is 0 Å². The SMILES string of the molecule is C[C@@]12CCCC=C1C=C(O)CC2. The van der Waals surface area contributed by atoms with Crippen LogP contribution in [-0.2, 0) is 0 Å². The summed E-state index contributed by atoms with van der Waals surface area (Å²) in [6, 6.07) is 0. The van der Waals surface area contributed by atoms with Gasteiger partial charge in [0.2, 0.25) is 0 Å². The summed E-state index contributed by atoms with van der Waals surface area (Å²) in [5.41, 5.74) is 1.75. The zero-order valence-corrected chi connectivity index (χ0v) is 7.64. The highest BCUT2D eigenvalue weighted by molar-refractivity contribution is 5.32. The molecule has 0 aromatic rings. The zero-order chi connectivity index (χ0) is 8.60. The van der Waals surface area contributed by atoms with Gasteiger partial charge in [-0.1, -0.05) is 13.0 Å². The summed E-state index contributed by atoms with van der Waals surface area (Å²) in [6.07, 6.45) is 10.1. The molecule has 2 aliphatic carbocycles. The van der Waals surface area contributed by atoms with Crippen LogP contribution in [0.4, 0.5) is 0 Å². The molecule has 2 aliphatic rings. The lowest BCUT2D eigenvalue weighted by atomic mass is 9.68. The first-order valence-electron chi connectivity index (χ1n) is 4.81. The Morgan fingerprint density at radius 3 is 3.08 bits per heavy atom. The van der Waals surface area contributed by atoms with E-state index in [4.69, 9.17) is 0 Å². The highest BCUT2D eigenvalue weighted by Crippen LogP contribution is 2.45. The number of rotatable bonds is 0. The van der Waals surface area contributed by atoms with Crippen LogP contribution in [0.15, 0.2) is 23.5 Å². The molecule has 0 spiro atoms. The fraction of sp³-hybridized carbons (Fsp3) is 0.636. The van der Waals surface area contributed by atoms with Crippen LogP contribution in [0.3, 0.4) is 0 Å². The van der Waals surface area contributed by atoms with Crippen molar-refractivity contribution in [1.29, 1.82) is 0 Å². The maximum Gasteiger partial charge on any atom is 0.0925 e. The molecular weight excluding hydrogens is 148 g/mol. The van der Waals surface area contributed by atoms with Crippen molar-refractivity contribution >= 4 is 0 Å². The van der Waals surface area contributed by atoms with Gasteiger partial charge in [0.05, 0.1) is 5.76 Å². The van der Waals surface area contributed by atoms with Crippen LogP contribution in [-0.4, -0.2) is 5.11 Å². The maximum atomic E-state index is 9.38. The molecule has 0 saturated heterocycles. The van der Waals surface area contributed by atoms with E-state index < -0.39 is 0 Å². The van der Waals surface area contributed by atoms with Gasteiger partial charge in [-0.15, -0.1) is 0 Å². The van der Waals surface area contributed by atoms with Crippen molar-refractivity contribution < 1.29 is 5.11 Å². The van der Waals surface area contributed by atoms with Gasteiger partial charge < -0.3 is 5.11 Å². The summed E-state index contributed by atoms with van der Waals surface area (Å²) in [5, 5.41) is 9.38. The highest BCUT2D eigenvalue weighted by atomic mass is 16.3. The smallest absolute Gasteiger partial charge is 0.0925 e. The molecule has 1 atom stereocenters. The minimum absolute atomic E-state index is 0.379. The Kier molecular flexibility index (Phi) is 1.75. The largest absolute Gasteiger partial charge is 0.512 e. The number of aliphatic hydroxyl groups is 1. The molecule has 12 heavy (non-hydrogen) atoms. The minimum atomic E-state index is 0.379. The Morgan fingerprint density at radius 2 is 2.25 bits per heavy atom. The molecule has 0 fully saturated rings. The fourth-order valence-corrected chi connectivity index (χ4v) is 2.30. The van der Waals surface area contributed by atoms with Crippen molar-refractivity contribution in [2.24, 2.45) is 5.41 Å². The van der Waals surface area contributed by atoms with Crippen LogP contribution in [0, 0.1) is 5.41 Å². The van der Waals surface area contributed by atoms with E-state index in [0.717, 1.165) is 12.8 Å². The Labute approximate surface area is 73.8 Å². The number of hydrogen-bond donors (Lipinski definition) is 1. The first-order valence-corrected chi connectivity index (χ1v) is 4.81. The Bertz CT molecular complexity index is 250. The minimum Gasteiger partial charge on any atom is -0.512 e. The van der Waals surface area contributed by atoms with E-state index in [1.807, 2.05) is 6.08 Å². The third-order valence-electron chi connectivity index (χ3n) is 3.25.